The molecular weight excluding hydrogens is 461 g/mol. The third kappa shape index (κ3) is 15.2. The molecule has 0 N–H and O–H groups in total. The molecule has 188 valence electrons. The Morgan fingerprint density at radius 1 is 0.484 bits per heavy atom. The van der Waals surface area contributed by atoms with Gasteiger partial charge in [0.05, 0.1) is 0 Å². The van der Waals surface area contributed by atoms with E-state index in [2.05, 4.69) is 39.3 Å². The van der Waals surface area contributed by atoms with Crippen LogP contribution in [0.15, 0.2) is 0 Å². The second-order valence-electron chi connectivity index (χ2n) is 10.1. The minimum atomic E-state index is -2.39. The first-order valence-corrected chi connectivity index (χ1v) is 22.9. The van der Waals surface area contributed by atoms with Crippen LogP contribution in [0.25, 0.3) is 0 Å². The molecule has 0 atom stereocenters. The molecule has 0 aromatic carbocycles. The van der Waals surface area contributed by atoms with Gasteiger partial charge in [-0.3, -0.25) is 0 Å². The highest BCUT2D eigenvalue weighted by Crippen LogP contribution is 2.27. The van der Waals surface area contributed by atoms with Gasteiger partial charge in [-0.05, 0) is 64.2 Å². The Balaban J connectivity index is 4.14. The van der Waals surface area contributed by atoms with E-state index in [1.165, 1.54) is 38.1 Å². The maximum Gasteiger partial charge on any atom is 0.500 e. The zero-order valence-electron chi connectivity index (χ0n) is 22.2. The maximum atomic E-state index is 6.71. The molecule has 0 bridgehead atoms. The summed E-state index contributed by atoms with van der Waals surface area (Å²) < 4.78 is 35.0. The van der Waals surface area contributed by atoms with Crippen LogP contribution in [0, 0.1) is 0 Å². The molecule has 0 saturated carbocycles. The van der Waals surface area contributed by atoms with Crippen LogP contribution < -0.4 is 0 Å². The van der Waals surface area contributed by atoms with Gasteiger partial charge >= 0.3 is 17.4 Å². The van der Waals surface area contributed by atoms with Crippen molar-refractivity contribution < 1.29 is 26.2 Å². The van der Waals surface area contributed by atoms with Crippen LogP contribution >= 0.6 is 0 Å². The maximum absolute atomic E-state index is 6.71. The molecule has 6 nitrogen and oxygen atoms in total. The lowest BCUT2D eigenvalue weighted by Crippen LogP contribution is -2.52. The van der Waals surface area contributed by atoms with Gasteiger partial charge in [0, 0.05) is 41.1 Å². The van der Waals surface area contributed by atoms with Crippen molar-refractivity contribution >= 4 is 34.0 Å². The summed E-state index contributed by atoms with van der Waals surface area (Å²) in [6.45, 7) is 14.6. The predicted octanol–water partition coefficient (Wildman–Crippen LogP) is 6.39. The SMILES string of the molecule is COCCC[Si](C)(C)O[Si](C)(C)O[Si](C)(C)CCCCCCCC[Si](OC)(OC)OC. The second-order valence-corrected chi connectivity index (χ2v) is 25.7. The Morgan fingerprint density at radius 2 is 0.871 bits per heavy atom. The standard InChI is InChI=1S/C21H52O6Si4/c1-22-18-17-20-29(7,8)27-30(9,10)26-28(5,6)19-15-13-11-12-14-16-21-31(23-2,24-3)25-4/h11-21H2,1-10H3. The molecule has 0 radical (unpaired) electrons. The first-order valence-electron chi connectivity index (χ1n) is 11.9. The van der Waals surface area contributed by atoms with Crippen LogP contribution in [0.5, 0.6) is 0 Å². The molecule has 0 aromatic heterocycles. The smallest absolute Gasteiger partial charge is 0.437 e. The molecule has 0 aromatic rings. The lowest BCUT2D eigenvalue weighted by molar-refractivity contribution is 0.122. The second kappa shape index (κ2) is 15.5. The Bertz CT molecular complexity index is 451. The largest absolute Gasteiger partial charge is 0.500 e. The third-order valence-corrected chi connectivity index (χ3v) is 19.9. The summed E-state index contributed by atoms with van der Waals surface area (Å²) in [6.07, 6.45) is 8.46. The van der Waals surface area contributed by atoms with Crippen molar-refractivity contribution in [1.29, 1.82) is 0 Å². The molecular formula is C21H52O6Si4. The normalized spacial score (nSPS) is 13.7. The Kier molecular flexibility index (Phi) is 15.8. The van der Waals surface area contributed by atoms with Crippen molar-refractivity contribution in [3.05, 3.63) is 0 Å². The molecule has 0 aliphatic heterocycles. The summed E-state index contributed by atoms with van der Waals surface area (Å²) in [5, 5.41) is 0. The van der Waals surface area contributed by atoms with Crippen LogP contribution in [-0.4, -0.2) is 69.0 Å². The molecule has 0 aliphatic carbocycles. The number of methoxy groups -OCH3 is 1. The number of hydrogen-bond acceptors (Lipinski definition) is 6. The molecule has 0 rings (SSSR count). The van der Waals surface area contributed by atoms with Crippen molar-refractivity contribution in [3.63, 3.8) is 0 Å². The fraction of sp³-hybridized carbons (Fsp3) is 1.00. The summed E-state index contributed by atoms with van der Waals surface area (Å²) >= 11 is 0. The third-order valence-electron chi connectivity index (χ3n) is 5.62. The Morgan fingerprint density at radius 3 is 1.29 bits per heavy atom. The van der Waals surface area contributed by atoms with Gasteiger partial charge in [-0.25, -0.2) is 0 Å². The van der Waals surface area contributed by atoms with E-state index in [9.17, 15) is 0 Å². The van der Waals surface area contributed by atoms with E-state index in [0.29, 0.717) is 0 Å². The molecule has 0 spiro atoms. The average Bonchev–Trinajstić information content (AvgIpc) is 2.65. The average molecular weight is 513 g/mol. The molecule has 0 amide bonds. The number of ether oxygens (including phenoxy) is 1. The minimum Gasteiger partial charge on any atom is -0.437 e. The molecule has 31 heavy (non-hydrogen) atoms. The lowest BCUT2D eigenvalue weighted by Gasteiger charge is -2.38. The molecule has 0 unspecified atom stereocenters. The molecule has 0 aliphatic rings. The van der Waals surface area contributed by atoms with Gasteiger partial charge in [0.2, 0.25) is 0 Å². The van der Waals surface area contributed by atoms with Gasteiger partial charge in [-0.15, -0.1) is 0 Å². The molecule has 10 heteroatoms. The van der Waals surface area contributed by atoms with Crippen molar-refractivity contribution in [3.8, 4) is 0 Å². The fourth-order valence-corrected chi connectivity index (χ4v) is 20.1. The topological polar surface area (TPSA) is 55.4 Å². The number of unbranched alkanes of at least 4 members (excludes halogenated alkanes) is 5. The van der Waals surface area contributed by atoms with Crippen molar-refractivity contribution in [2.24, 2.45) is 0 Å². The molecule has 0 saturated heterocycles. The van der Waals surface area contributed by atoms with Crippen LogP contribution in [0.4, 0.5) is 0 Å². The molecule has 0 heterocycles. The van der Waals surface area contributed by atoms with Crippen LogP contribution in [0.1, 0.15) is 44.9 Å². The van der Waals surface area contributed by atoms with E-state index in [1.54, 1.807) is 28.4 Å². The monoisotopic (exact) mass is 512 g/mol. The van der Waals surface area contributed by atoms with Crippen LogP contribution in [0.2, 0.25) is 57.4 Å². The van der Waals surface area contributed by atoms with Gasteiger partial charge in [0.15, 0.2) is 16.6 Å². The van der Waals surface area contributed by atoms with Crippen molar-refractivity contribution in [1.82, 2.24) is 0 Å². The van der Waals surface area contributed by atoms with Gasteiger partial charge in [0.1, 0.15) is 0 Å². The van der Waals surface area contributed by atoms with E-state index in [4.69, 9.17) is 26.2 Å². The van der Waals surface area contributed by atoms with Gasteiger partial charge in [-0.1, -0.05) is 32.1 Å². The van der Waals surface area contributed by atoms with Gasteiger partial charge in [-0.2, -0.15) is 0 Å². The van der Waals surface area contributed by atoms with Crippen molar-refractivity contribution in [2.75, 3.05) is 35.0 Å². The lowest BCUT2D eigenvalue weighted by atomic mass is 10.1. The first-order chi connectivity index (χ1) is 14.4. The highest BCUT2D eigenvalue weighted by Gasteiger charge is 2.39. The number of rotatable bonds is 20. The summed E-state index contributed by atoms with van der Waals surface area (Å²) in [5.41, 5.74) is 0. The van der Waals surface area contributed by atoms with E-state index in [1.807, 2.05) is 0 Å². The Hall–Kier alpha value is 0.628. The van der Waals surface area contributed by atoms with Crippen LogP contribution in [-0.2, 0) is 26.2 Å². The summed E-state index contributed by atoms with van der Waals surface area (Å²) in [4.78, 5) is 0. The van der Waals surface area contributed by atoms with Crippen molar-refractivity contribution in [2.45, 2.75) is 102 Å². The summed E-state index contributed by atoms with van der Waals surface area (Å²) in [7, 11) is -1.06. The zero-order chi connectivity index (χ0) is 24.0. The van der Waals surface area contributed by atoms with E-state index in [0.717, 1.165) is 31.5 Å². The van der Waals surface area contributed by atoms with Crippen LogP contribution in [0.3, 0.4) is 0 Å². The number of hydrogen-bond donors (Lipinski definition) is 0. The minimum absolute atomic E-state index is 0.816. The quantitative estimate of drug-likeness (QED) is 0.139. The van der Waals surface area contributed by atoms with E-state index < -0.39 is 34.0 Å². The summed E-state index contributed by atoms with van der Waals surface area (Å²) in [5.74, 6) is 0. The Labute approximate surface area is 197 Å². The highest BCUT2D eigenvalue weighted by molar-refractivity contribution is 6.87. The highest BCUT2D eigenvalue weighted by atomic mass is 28.5. The van der Waals surface area contributed by atoms with Gasteiger partial charge < -0.3 is 26.2 Å². The van der Waals surface area contributed by atoms with E-state index >= 15 is 0 Å². The summed E-state index contributed by atoms with van der Waals surface area (Å²) in [6, 6.07) is 3.24. The van der Waals surface area contributed by atoms with Gasteiger partial charge in [0.25, 0.3) is 0 Å². The molecule has 0 fully saturated rings. The fourth-order valence-electron chi connectivity index (χ4n) is 4.25. The first kappa shape index (κ1) is 31.6. The predicted molar refractivity (Wildman–Crippen MR) is 140 cm³/mol. The van der Waals surface area contributed by atoms with E-state index in [-0.39, 0.29) is 0 Å². The zero-order valence-corrected chi connectivity index (χ0v) is 26.2.